The number of nitrogens with one attached hydrogen (secondary N) is 3. The van der Waals surface area contributed by atoms with Gasteiger partial charge in [0.1, 0.15) is 12.3 Å². The molecule has 6 nitrogen and oxygen atoms in total. The molecule has 1 atom stereocenters. The molecule has 0 aliphatic carbocycles. The third-order valence-corrected chi connectivity index (χ3v) is 5.12. The SMILES string of the molecule is CCNC(=NCC(=O)NCc1ccc(OC)cc1)NCC(C)Sc1ccccc1. The third-order valence-electron chi connectivity index (χ3n) is 4.01. The van der Waals surface area contributed by atoms with Gasteiger partial charge < -0.3 is 20.7 Å². The van der Waals surface area contributed by atoms with Gasteiger partial charge in [0, 0.05) is 29.8 Å². The summed E-state index contributed by atoms with van der Waals surface area (Å²) in [4.78, 5) is 17.7. The summed E-state index contributed by atoms with van der Waals surface area (Å²) in [6.45, 7) is 6.19. The van der Waals surface area contributed by atoms with Crippen LogP contribution in [0.25, 0.3) is 0 Å². The maximum absolute atomic E-state index is 12.1. The molecular weight excluding hydrogens is 384 g/mol. The van der Waals surface area contributed by atoms with Gasteiger partial charge in [0.25, 0.3) is 0 Å². The number of amides is 1. The first-order chi connectivity index (χ1) is 14.1. The predicted molar refractivity (Wildman–Crippen MR) is 121 cm³/mol. The maximum atomic E-state index is 12.1. The van der Waals surface area contributed by atoms with Crippen molar-refractivity contribution in [1.29, 1.82) is 0 Å². The highest BCUT2D eigenvalue weighted by Gasteiger charge is 2.07. The molecule has 2 aromatic carbocycles. The lowest BCUT2D eigenvalue weighted by atomic mass is 10.2. The number of rotatable bonds is 10. The Labute approximate surface area is 177 Å². The van der Waals surface area contributed by atoms with Crippen molar-refractivity contribution < 1.29 is 9.53 Å². The quantitative estimate of drug-likeness (QED) is 0.317. The van der Waals surface area contributed by atoms with Crippen LogP contribution >= 0.6 is 11.8 Å². The van der Waals surface area contributed by atoms with E-state index in [1.54, 1.807) is 18.9 Å². The van der Waals surface area contributed by atoms with Crippen LogP contribution in [0.4, 0.5) is 0 Å². The predicted octanol–water partition coefficient (Wildman–Crippen LogP) is 3.05. The van der Waals surface area contributed by atoms with Crippen LogP contribution in [-0.2, 0) is 11.3 Å². The molecule has 0 saturated heterocycles. The molecular formula is C22H30N4O2S. The summed E-state index contributed by atoms with van der Waals surface area (Å²) in [5, 5.41) is 9.74. The van der Waals surface area contributed by atoms with E-state index < -0.39 is 0 Å². The smallest absolute Gasteiger partial charge is 0.242 e. The Morgan fingerprint density at radius 2 is 1.79 bits per heavy atom. The standard InChI is InChI=1S/C22H30N4O2S/c1-4-23-22(25-14-17(2)29-20-8-6-5-7-9-20)26-16-21(27)24-15-18-10-12-19(28-3)13-11-18/h5-13,17H,4,14-16H2,1-3H3,(H,24,27)(H2,23,25,26). The van der Waals surface area contributed by atoms with E-state index in [-0.39, 0.29) is 12.5 Å². The molecule has 2 aromatic rings. The number of ether oxygens (including phenoxy) is 1. The zero-order valence-electron chi connectivity index (χ0n) is 17.3. The number of carbonyl (C=O) groups excluding carboxylic acids is 1. The Hall–Kier alpha value is -2.67. The maximum Gasteiger partial charge on any atom is 0.242 e. The molecule has 1 unspecified atom stereocenters. The van der Waals surface area contributed by atoms with Crippen LogP contribution < -0.4 is 20.7 Å². The molecule has 0 aliphatic rings. The molecule has 3 N–H and O–H groups in total. The summed E-state index contributed by atoms with van der Waals surface area (Å²) in [5.41, 5.74) is 1.01. The van der Waals surface area contributed by atoms with Gasteiger partial charge in [-0.2, -0.15) is 0 Å². The first kappa shape index (κ1) is 22.6. The van der Waals surface area contributed by atoms with E-state index in [0.717, 1.165) is 24.4 Å². The molecule has 0 heterocycles. The normalized spacial score (nSPS) is 12.2. The largest absolute Gasteiger partial charge is 0.497 e. The van der Waals surface area contributed by atoms with Crippen molar-refractivity contribution in [3.05, 3.63) is 60.2 Å². The fourth-order valence-corrected chi connectivity index (χ4v) is 3.45. The van der Waals surface area contributed by atoms with E-state index in [9.17, 15) is 4.79 Å². The van der Waals surface area contributed by atoms with Crippen LogP contribution in [0.15, 0.2) is 64.5 Å². The summed E-state index contributed by atoms with van der Waals surface area (Å²) in [7, 11) is 1.63. The van der Waals surface area contributed by atoms with Crippen molar-refractivity contribution in [3.8, 4) is 5.75 Å². The van der Waals surface area contributed by atoms with E-state index in [1.165, 1.54) is 4.90 Å². The van der Waals surface area contributed by atoms with Crippen molar-refractivity contribution in [2.45, 2.75) is 30.5 Å². The van der Waals surface area contributed by atoms with Crippen LogP contribution in [0.2, 0.25) is 0 Å². The minimum atomic E-state index is -0.121. The zero-order valence-corrected chi connectivity index (χ0v) is 18.1. The Balaban J connectivity index is 1.76. The Morgan fingerprint density at radius 3 is 2.45 bits per heavy atom. The second kappa shape index (κ2) is 12.7. The van der Waals surface area contributed by atoms with Gasteiger partial charge in [-0.1, -0.05) is 37.3 Å². The Kier molecular flexibility index (Phi) is 9.92. The van der Waals surface area contributed by atoms with Gasteiger partial charge in [-0.3, -0.25) is 4.79 Å². The average Bonchev–Trinajstić information content (AvgIpc) is 2.75. The van der Waals surface area contributed by atoms with Crippen molar-refractivity contribution in [2.24, 2.45) is 4.99 Å². The lowest BCUT2D eigenvalue weighted by Crippen LogP contribution is -2.40. The fourth-order valence-electron chi connectivity index (χ4n) is 2.51. The van der Waals surface area contributed by atoms with Gasteiger partial charge >= 0.3 is 0 Å². The van der Waals surface area contributed by atoms with E-state index in [4.69, 9.17) is 4.74 Å². The zero-order chi connectivity index (χ0) is 20.9. The fraction of sp³-hybridized carbons (Fsp3) is 0.364. The number of methoxy groups -OCH3 is 1. The molecule has 0 spiro atoms. The molecule has 1 amide bonds. The van der Waals surface area contributed by atoms with Gasteiger partial charge in [0.2, 0.25) is 5.91 Å². The van der Waals surface area contributed by atoms with Gasteiger partial charge in [0.15, 0.2) is 5.96 Å². The number of guanidine groups is 1. The third kappa shape index (κ3) is 8.91. The van der Waals surface area contributed by atoms with Crippen LogP contribution in [-0.4, -0.2) is 43.9 Å². The molecule has 0 aliphatic heterocycles. The molecule has 29 heavy (non-hydrogen) atoms. The summed E-state index contributed by atoms with van der Waals surface area (Å²) in [6.07, 6.45) is 0. The van der Waals surface area contributed by atoms with Crippen molar-refractivity contribution in [3.63, 3.8) is 0 Å². The number of carbonyl (C=O) groups is 1. The summed E-state index contributed by atoms with van der Waals surface area (Å²) in [5.74, 6) is 1.32. The summed E-state index contributed by atoms with van der Waals surface area (Å²) < 4.78 is 5.14. The monoisotopic (exact) mass is 414 g/mol. The first-order valence-electron chi connectivity index (χ1n) is 9.74. The van der Waals surface area contributed by atoms with Crippen LogP contribution in [0.3, 0.4) is 0 Å². The number of benzene rings is 2. The Morgan fingerprint density at radius 1 is 1.07 bits per heavy atom. The molecule has 0 bridgehead atoms. The first-order valence-corrected chi connectivity index (χ1v) is 10.6. The van der Waals surface area contributed by atoms with E-state index >= 15 is 0 Å². The van der Waals surface area contributed by atoms with Crippen LogP contribution in [0.1, 0.15) is 19.4 Å². The topological polar surface area (TPSA) is 74.8 Å². The van der Waals surface area contributed by atoms with Crippen molar-refractivity contribution >= 4 is 23.6 Å². The average molecular weight is 415 g/mol. The Bertz CT molecular complexity index is 766. The number of thioether (sulfide) groups is 1. The lowest BCUT2D eigenvalue weighted by molar-refractivity contribution is -0.119. The number of aliphatic imine (C=N–C) groups is 1. The highest BCUT2D eigenvalue weighted by atomic mass is 32.2. The van der Waals surface area contributed by atoms with E-state index in [0.29, 0.717) is 17.8 Å². The number of hydrogen-bond acceptors (Lipinski definition) is 4. The molecule has 156 valence electrons. The molecule has 7 heteroatoms. The minimum absolute atomic E-state index is 0.0751. The molecule has 0 fully saturated rings. The van der Waals surface area contributed by atoms with Gasteiger partial charge in [-0.05, 0) is 36.8 Å². The second-order valence-corrected chi connectivity index (χ2v) is 7.95. The van der Waals surface area contributed by atoms with E-state index in [1.807, 2.05) is 49.4 Å². The molecule has 0 radical (unpaired) electrons. The number of nitrogens with zero attached hydrogens (tertiary/aromatic N) is 1. The summed E-state index contributed by atoms with van der Waals surface area (Å²) in [6, 6.07) is 17.9. The van der Waals surface area contributed by atoms with Crippen molar-refractivity contribution in [2.75, 3.05) is 26.7 Å². The molecule has 0 aromatic heterocycles. The van der Waals surface area contributed by atoms with Crippen LogP contribution in [0, 0.1) is 0 Å². The van der Waals surface area contributed by atoms with Gasteiger partial charge in [-0.25, -0.2) is 4.99 Å². The minimum Gasteiger partial charge on any atom is -0.497 e. The van der Waals surface area contributed by atoms with Crippen LogP contribution in [0.5, 0.6) is 5.75 Å². The summed E-state index contributed by atoms with van der Waals surface area (Å²) >= 11 is 1.80. The second-order valence-electron chi connectivity index (χ2n) is 6.44. The van der Waals surface area contributed by atoms with Gasteiger partial charge in [0.05, 0.1) is 7.11 Å². The highest BCUT2D eigenvalue weighted by molar-refractivity contribution is 8.00. The number of hydrogen-bond donors (Lipinski definition) is 3. The molecule has 0 saturated carbocycles. The lowest BCUT2D eigenvalue weighted by Gasteiger charge is -2.15. The van der Waals surface area contributed by atoms with Gasteiger partial charge in [-0.15, -0.1) is 11.8 Å². The van der Waals surface area contributed by atoms with E-state index in [2.05, 4.69) is 40.0 Å². The molecule has 2 rings (SSSR count). The van der Waals surface area contributed by atoms with Crippen molar-refractivity contribution in [1.82, 2.24) is 16.0 Å². The highest BCUT2D eigenvalue weighted by Crippen LogP contribution is 2.21.